The molecule has 1 N–H and O–H groups in total. The first-order valence-corrected chi connectivity index (χ1v) is 11.8. The quantitative estimate of drug-likeness (QED) is 0.541. The number of rotatable bonds is 5. The van der Waals surface area contributed by atoms with Gasteiger partial charge in [-0.05, 0) is 61.9 Å². The molecule has 180 valence electrons. The molecule has 0 saturated heterocycles. The van der Waals surface area contributed by atoms with E-state index in [1.54, 1.807) is 12.3 Å². The van der Waals surface area contributed by atoms with Gasteiger partial charge in [0.1, 0.15) is 17.8 Å². The van der Waals surface area contributed by atoms with Gasteiger partial charge in [0.15, 0.2) is 0 Å². The van der Waals surface area contributed by atoms with E-state index in [4.69, 9.17) is 16.3 Å². The molecule has 6 nitrogen and oxygen atoms in total. The summed E-state index contributed by atoms with van der Waals surface area (Å²) in [4.78, 5) is 4.24. The van der Waals surface area contributed by atoms with Crippen molar-refractivity contribution in [3.05, 3.63) is 64.8 Å². The lowest BCUT2D eigenvalue weighted by Crippen LogP contribution is -2.39. The maximum atomic E-state index is 12.9. The van der Waals surface area contributed by atoms with E-state index in [1.165, 1.54) is 0 Å². The molecule has 0 amide bonds. The highest BCUT2D eigenvalue weighted by Gasteiger charge is 2.33. The predicted octanol–water partition coefficient (Wildman–Crippen LogP) is 5.04. The Hall–Kier alpha value is -2.65. The lowest BCUT2D eigenvalue weighted by atomic mass is 9.86. The molecule has 34 heavy (non-hydrogen) atoms. The average Bonchev–Trinajstić information content (AvgIpc) is 3.14. The van der Waals surface area contributed by atoms with Crippen LogP contribution in [0.4, 0.5) is 13.2 Å². The molecule has 1 fully saturated rings. The minimum absolute atomic E-state index is 0.0970. The molecular formula is C24H25ClF3N5O. The Bertz CT molecular complexity index is 1130. The van der Waals surface area contributed by atoms with E-state index in [9.17, 15) is 13.2 Å². The molecular weight excluding hydrogens is 467 g/mol. The molecule has 0 spiro atoms. The number of halogens is 4. The van der Waals surface area contributed by atoms with Crippen LogP contribution in [0.3, 0.4) is 0 Å². The Morgan fingerprint density at radius 3 is 2.62 bits per heavy atom. The number of benzene rings is 1. The molecule has 0 radical (unpaired) electrons. The normalized spacial score (nSPS) is 22.5. The van der Waals surface area contributed by atoms with E-state index >= 15 is 0 Å². The van der Waals surface area contributed by atoms with E-state index in [0.29, 0.717) is 29.6 Å². The summed E-state index contributed by atoms with van der Waals surface area (Å²) >= 11 is 6.24. The van der Waals surface area contributed by atoms with Crippen LogP contribution in [0.15, 0.2) is 42.6 Å². The van der Waals surface area contributed by atoms with Gasteiger partial charge in [0.2, 0.25) is 5.88 Å². The van der Waals surface area contributed by atoms with Crippen molar-refractivity contribution in [2.24, 2.45) is 0 Å². The standard InChI is InChI=1S/C24H25ClF3N5O/c25-17-6-9-20-16(11-17)12-18(30-14-24(26,27)28)13-21-31-32-23(33(20)21)15-4-7-19(8-5-15)34-22-3-1-2-10-29-22/h1-3,6,9-11,15,18-19,30H,4-5,7-8,12-14H2/t15-,18-,19-/m0/s1. The summed E-state index contributed by atoms with van der Waals surface area (Å²) < 4.78 is 46.6. The summed E-state index contributed by atoms with van der Waals surface area (Å²) in [6.45, 7) is -1.05. The van der Waals surface area contributed by atoms with Crippen molar-refractivity contribution >= 4 is 11.6 Å². The summed E-state index contributed by atoms with van der Waals surface area (Å²) in [6.07, 6.45) is 1.82. The van der Waals surface area contributed by atoms with Gasteiger partial charge in [0, 0.05) is 35.7 Å². The molecule has 1 aliphatic carbocycles. The van der Waals surface area contributed by atoms with E-state index in [-0.39, 0.29) is 12.0 Å². The van der Waals surface area contributed by atoms with Crippen LogP contribution in [0.1, 0.15) is 48.8 Å². The monoisotopic (exact) mass is 491 g/mol. The maximum absolute atomic E-state index is 12.9. The highest BCUT2D eigenvalue weighted by molar-refractivity contribution is 6.30. The average molecular weight is 492 g/mol. The van der Waals surface area contributed by atoms with Crippen LogP contribution in [0.2, 0.25) is 5.02 Å². The fraction of sp³-hybridized carbons (Fsp3) is 0.458. The number of hydrogen-bond acceptors (Lipinski definition) is 5. The molecule has 3 aromatic rings. The van der Waals surface area contributed by atoms with Crippen LogP contribution < -0.4 is 10.1 Å². The lowest BCUT2D eigenvalue weighted by Gasteiger charge is -2.28. The zero-order valence-corrected chi connectivity index (χ0v) is 19.2. The number of nitrogens with one attached hydrogen (secondary N) is 1. The zero-order chi connectivity index (χ0) is 23.7. The summed E-state index contributed by atoms with van der Waals surface area (Å²) in [5.41, 5.74) is 1.78. The zero-order valence-electron chi connectivity index (χ0n) is 18.4. The first-order chi connectivity index (χ1) is 16.4. The molecule has 2 aromatic heterocycles. The topological polar surface area (TPSA) is 64.9 Å². The number of ether oxygens (including phenoxy) is 1. The van der Waals surface area contributed by atoms with Crippen molar-refractivity contribution in [1.29, 1.82) is 0 Å². The van der Waals surface area contributed by atoms with Crippen molar-refractivity contribution in [1.82, 2.24) is 25.1 Å². The van der Waals surface area contributed by atoms with Crippen LogP contribution in [0, 0.1) is 0 Å². The second-order valence-electron chi connectivity index (χ2n) is 8.94. The minimum Gasteiger partial charge on any atom is -0.474 e. The van der Waals surface area contributed by atoms with Gasteiger partial charge >= 0.3 is 6.18 Å². The van der Waals surface area contributed by atoms with Gasteiger partial charge in [0.25, 0.3) is 0 Å². The molecule has 0 unspecified atom stereocenters. The molecule has 0 bridgehead atoms. The summed E-state index contributed by atoms with van der Waals surface area (Å²) in [6, 6.07) is 10.7. The Morgan fingerprint density at radius 1 is 1.06 bits per heavy atom. The van der Waals surface area contributed by atoms with Crippen LogP contribution >= 0.6 is 11.6 Å². The third-order valence-electron chi connectivity index (χ3n) is 6.49. The fourth-order valence-corrected chi connectivity index (χ4v) is 5.11. The summed E-state index contributed by atoms with van der Waals surface area (Å²) in [5.74, 6) is 2.34. The van der Waals surface area contributed by atoms with E-state index in [2.05, 4.69) is 20.5 Å². The van der Waals surface area contributed by atoms with E-state index in [0.717, 1.165) is 42.8 Å². The van der Waals surface area contributed by atoms with Crippen molar-refractivity contribution in [3.63, 3.8) is 0 Å². The number of fused-ring (bicyclic) bond motifs is 3. The minimum atomic E-state index is -4.28. The number of hydrogen-bond donors (Lipinski definition) is 1. The van der Waals surface area contributed by atoms with Gasteiger partial charge in [-0.15, -0.1) is 10.2 Å². The Kier molecular flexibility index (Phi) is 6.48. The predicted molar refractivity (Wildman–Crippen MR) is 121 cm³/mol. The number of pyridine rings is 1. The largest absolute Gasteiger partial charge is 0.474 e. The number of nitrogens with zero attached hydrogens (tertiary/aromatic N) is 4. The molecule has 10 heteroatoms. The SMILES string of the molecule is FC(F)(F)CN[C@H]1Cc2cc(Cl)ccc2-n2c(nnc2[C@H]2CC[C@H](Oc3ccccn3)CC2)C1. The van der Waals surface area contributed by atoms with Gasteiger partial charge in [-0.3, -0.25) is 4.57 Å². The smallest absolute Gasteiger partial charge is 0.401 e. The second kappa shape index (κ2) is 9.54. The highest BCUT2D eigenvalue weighted by atomic mass is 35.5. The first-order valence-electron chi connectivity index (χ1n) is 11.5. The molecule has 2 aliphatic rings. The van der Waals surface area contributed by atoms with E-state index in [1.807, 2.05) is 34.9 Å². The molecule has 5 rings (SSSR count). The Morgan fingerprint density at radius 2 is 1.88 bits per heavy atom. The molecule has 1 aromatic carbocycles. The number of aromatic nitrogens is 4. The lowest BCUT2D eigenvalue weighted by molar-refractivity contribution is -0.126. The maximum Gasteiger partial charge on any atom is 0.401 e. The molecule has 1 aliphatic heterocycles. The van der Waals surface area contributed by atoms with Gasteiger partial charge in [-0.1, -0.05) is 17.7 Å². The Labute approximate surface area is 200 Å². The molecule has 1 saturated carbocycles. The molecule has 1 atom stereocenters. The van der Waals surface area contributed by atoms with Gasteiger partial charge < -0.3 is 10.1 Å². The van der Waals surface area contributed by atoms with Crippen molar-refractivity contribution in [2.45, 2.75) is 62.8 Å². The van der Waals surface area contributed by atoms with Gasteiger partial charge in [-0.2, -0.15) is 13.2 Å². The fourth-order valence-electron chi connectivity index (χ4n) is 4.91. The summed E-state index contributed by atoms with van der Waals surface area (Å²) in [5, 5.41) is 12.1. The molecule has 3 heterocycles. The van der Waals surface area contributed by atoms with Crippen molar-refractivity contribution < 1.29 is 17.9 Å². The van der Waals surface area contributed by atoms with Crippen LogP contribution in [-0.4, -0.2) is 44.6 Å². The van der Waals surface area contributed by atoms with Crippen molar-refractivity contribution in [2.75, 3.05) is 6.54 Å². The third-order valence-corrected chi connectivity index (χ3v) is 6.72. The summed E-state index contributed by atoms with van der Waals surface area (Å²) in [7, 11) is 0. The van der Waals surface area contributed by atoms with Crippen molar-refractivity contribution in [3.8, 4) is 11.6 Å². The third kappa shape index (κ3) is 5.20. The van der Waals surface area contributed by atoms with Gasteiger partial charge in [-0.25, -0.2) is 4.98 Å². The number of alkyl halides is 3. The Balaban J connectivity index is 1.37. The first kappa shape index (κ1) is 23.1. The van der Waals surface area contributed by atoms with Gasteiger partial charge in [0.05, 0.1) is 12.2 Å². The van der Waals surface area contributed by atoms with Crippen LogP contribution in [0.25, 0.3) is 5.69 Å². The van der Waals surface area contributed by atoms with Crippen LogP contribution in [0.5, 0.6) is 5.88 Å². The second-order valence-corrected chi connectivity index (χ2v) is 9.38. The van der Waals surface area contributed by atoms with E-state index < -0.39 is 18.8 Å². The van der Waals surface area contributed by atoms with Crippen LogP contribution in [-0.2, 0) is 12.8 Å². The highest BCUT2D eigenvalue weighted by Crippen LogP contribution is 2.37.